The molecule has 3 N–H and O–H groups in total. The fraction of sp³-hybridized carbons (Fsp3) is 0.444. The maximum absolute atomic E-state index is 11.4. The van der Waals surface area contributed by atoms with E-state index in [-0.39, 0.29) is 12.3 Å². The standard InChI is InChI=1S/C9H16N4O2S/c1-13(2)16(14,15)7-6-12-9-8(10)4-3-5-11-9/h3-5H,6-7,10H2,1-2H3,(H,11,12). The van der Waals surface area contributed by atoms with Crippen LogP contribution in [0, 0.1) is 0 Å². The van der Waals surface area contributed by atoms with Gasteiger partial charge in [0.25, 0.3) is 0 Å². The number of hydrogen-bond acceptors (Lipinski definition) is 5. The van der Waals surface area contributed by atoms with E-state index in [1.165, 1.54) is 18.4 Å². The molecule has 1 aromatic rings. The molecule has 0 aliphatic heterocycles. The minimum Gasteiger partial charge on any atom is -0.396 e. The summed E-state index contributed by atoms with van der Waals surface area (Å²) in [6.45, 7) is 0.279. The van der Waals surface area contributed by atoms with Crippen LogP contribution in [0.3, 0.4) is 0 Å². The quantitative estimate of drug-likeness (QED) is 0.759. The van der Waals surface area contributed by atoms with Crippen molar-refractivity contribution < 1.29 is 8.42 Å². The molecule has 0 radical (unpaired) electrons. The van der Waals surface area contributed by atoms with Crippen molar-refractivity contribution in [2.75, 3.05) is 37.4 Å². The second-order valence-corrected chi connectivity index (χ2v) is 5.77. The van der Waals surface area contributed by atoms with E-state index in [9.17, 15) is 8.42 Å². The Kier molecular flexibility index (Phi) is 4.08. The molecule has 0 atom stereocenters. The van der Waals surface area contributed by atoms with Crippen molar-refractivity contribution in [1.29, 1.82) is 0 Å². The number of anilines is 2. The Labute approximate surface area is 95.5 Å². The van der Waals surface area contributed by atoms with Crippen LogP contribution in [0.2, 0.25) is 0 Å². The Balaban J connectivity index is 2.52. The molecule has 0 aromatic carbocycles. The summed E-state index contributed by atoms with van der Waals surface area (Å²) < 4.78 is 24.1. The van der Waals surface area contributed by atoms with Crippen molar-refractivity contribution in [3.63, 3.8) is 0 Å². The van der Waals surface area contributed by atoms with Gasteiger partial charge in [-0.2, -0.15) is 0 Å². The van der Waals surface area contributed by atoms with Gasteiger partial charge in [-0.15, -0.1) is 0 Å². The van der Waals surface area contributed by atoms with Crippen LogP contribution in [0.15, 0.2) is 18.3 Å². The lowest BCUT2D eigenvalue weighted by Gasteiger charge is -2.12. The first-order valence-electron chi connectivity index (χ1n) is 4.78. The molecule has 90 valence electrons. The fourth-order valence-electron chi connectivity index (χ4n) is 1.05. The lowest BCUT2D eigenvalue weighted by atomic mass is 10.4. The van der Waals surface area contributed by atoms with Gasteiger partial charge in [0, 0.05) is 26.8 Å². The molecule has 1 aromatic heterocycles. The number of nitrogens with one attached hydrogen (secondary N) is 1. The van der Waals surface area contributed by atoms with Crippen LogP contribution >= 0.6 is 0 Å². The van der Waals surface area contributed by atoms with E-state index in [2.05, 4.69) is 10.3 Å². The Bertz CT molecular complexity index is 445. The Hall–Kier alpha value is -1.34. The summed E-state index contributed by atoms with van der Waals surface area (Å²) in [5.41, 5.74) is 6.15. The second-order valence-electron chi connectivity index (χ2n) is 3.47. The van der Waals surface area contributed by atoms with Gasteiger partial charge in [-0.25, -0.2) is 17.7 Å². The number of aromatic nitrogens is 1. The first-order chi connectivity index (χ1) is 7.43. The number of nitrogen functional groups attached to an aromatic ring is 1. The number of nitrogens with two attached hydrogens (primary N) is 1. The highest BCUT2D eigenvalue weighted by Gasteiger charge is 2.12. The van der Waals surface area contributed by atoms with E-state index in [0.29, 0.717) is 11.5 Å². The molecular formula is C9H16N4O2S. The highest BCUT2D eigenvalue weighted by atomic mass is 32.2. The first-order valence-corrected chi connectivity index (χ1v) is 6.39. The van der Waals surface area contributed by atoms with Gasteiger partial charge in [-0.05, 0) is 12.1 Å². The smallest absolute Gasteiger partial charge is 0.215 e. The van der Waals surface area contributed by atoms with Crippen LogP contribution in [-0.4, -0.2) is 44.1 Å². The topological polar surface area (TPSA) is 88.3 Å². The minimum absolute atomic E-state index is 0.00993. The number of pyridine rings is 1. The number of nitrogens with zero attached hydrogens (tertiary/aromatic N) is 2. The van der Waals surface area contributed by atoms with E-state index >= 15 is 0 Å². The van der Waals surface area contributed by atoms with Crippen molar-refractivity contribution in [3.8, 4) is 0 Å². The molecule has 0 aliphatic carbocycles. The molecule has 0 saturated heterocycles. The van der Waals surface area contributed by atoms with E-state index in [0.717, 1.165) is 0 Å². The molecule has 0 fully saturated rings. The predicted octanol–water partition coefficient (Wildman–Crippen LogP) is -0.0329. The van der Waals surface area contributed by atoms with Gasteiger partial charge < -0.3 is 11.1 Å². The average molecular weight is 244 g/mol. The zero-order chi connectivity index (χ0) is 12.2. The van der Waals surface area contributed by atoms with Gasteiger partial charge in [0.15, 0.2) is 0 Å². The van der Waals surface area contributed by atoms with Crippen molar-refractivity contribution >= 4 is 21.5 Å². The Morgan fingerprint density at radius 3 is 2.75 bits per heavy atom. The molecule has 0 saturated carbocycles. The summed E-state index contributed by atoms with van der Waals surface area (Å²) in [7, 11) is -0.170. The van der Waals surface area contributed by atoms with Crippen molar-refractivity contribution in [1.82, 2.24) is 9.29 Å². The van der Waals surface area contributed by atoms with Gasteiger partial charge in [0.1, 0.15) is 5.82 Å². The molecule has 0 spiro atoms. The maximum Gasteiger partial charge on any atom is 0.215 e. The molecular weight excluding hydrogens is 228 g/mol. The number of sulfonamides is 1. The third-order valence-corrected chi connectivity index (χ3v) is 3.88. The normalized spacial score (nSPS) is 11.7. The van der Waals surface area contributed by atoms with E-state index in [1.807, 2.05) is 0 Å². The summed E-state index contributed by atoms with van der Waals surface area (Å²) in [6, 6.07) is 3.42. The molecule has 0 unspecified atom stereocenters. The summed E-state index contributed by atoms with van der Waals surface area (Å²) in [5, 5.41) is 2.88. The molecule has 1 heterocycles. The third-order valence-electron chi connectivity index (χ3n) is 2.05. The van der Waals surface area contributed by atoms with Crippen molar-refractivity contribution in [2.24, 2.45) is 0 Å². The Morgan fingerprint density at radius 1 is 1.50 bits per heavy atom. The summed E-state index contributed by atoms with van der Waals surface area (Å²) >= 11 is 0. The minimum atomic E-state index is -3.18. The zero-order valence-corrected chi connectivity index (χ0v) is 10.2. The lowest BCUT2D eigenvalue weighted by molar-refractivity contribution is 0.521. The second kappa shape index (κ2) is 5.13. The summed E-state index contributed by atoms with van der Waals surface area (Å²) in [4.78, 5) is 4.00. The Morgan fingerprint density at radius 2 is 2.19 bits per heavy atom. The van der Waals surface area contributed by atoms with Crippen molar-refractivity contribution in [3.05, 3.63) is 18.3 Å². The van der Waals surface area contributed by atoms with Gasteiger partial charge in [-0.1, -0.05) is 0 Å². The maximum atomic E-state index is 11.4. The predicted molar refractivity (Wildman–Crippen MR) is 64.6 cm³/mol. The summed E-state index contributed by atoms with van der Waals surface area (Å²) in [5.74, 6) is 0.521. The van der Waals surface area contributed by atoms with Crippen LogP contribution in [0.4, 0.5) is 11.5 Å². The SMILES string of the molecule is CN(C)S(=O)(=O)CCNc1ncccc1N. The molecule has 0 bridgehead atoms. The van der Waals surface area contributed by atoms with E-state index < -0.39 is 10.0 Å². The van der Waals surface area contributed by atoms with E-state index in [1.54, 1.807) is 18.3 Å². The van der Waals surface area contributed by atoms with Gasteiger partial charge in [0.05, 0.1) is 11.4 Å². The number of rotatable bonds is 5. The van der Waals surface area contributed by atoms with Gasteiger partial charge in [0.2, 0.25) is 10.0 Å². The zero-order valence-electron chi connectivity index (χ0n) is 9.34. The molecule has 0 aliphatic rings. The van der Waals surface area contributed by atoms with Crippen LogP contribution < -0.4 is 11.1 Å². The largest absolute Gasteiger partial charge is 0.396 e. The molecule has 16 heavy (non-hydrogen) atoms. The molecule has 6 nitrogen and oxygen atoms in total. The summed E-state index contributed by atoms with van der Waals surface area (Å²) in [6.07, 6.45) is 1.60. The van der Waals surface area contributed by atoms with Crippen molar-refractivity contribution in [2.45, 2.75) is 0 Å². The highest BCUT2D eigenvalue weighted by molar-refractivity contribution is 7.89. The molecule has 0 amide bonds. The average Bonchev–Trinajstić information content (AvgIpc) is 2.20. The molecule has 1 rings (SSSR count). The highest BCUT2D eigenvalue weighted by Crippen LogP contribution is 2.12. The third kappa shape index (κ3) is 3.35. The first kappa shape index (κ1) is 12.7. The van der Waals surface area contributed by atoms with Crippen LogP contribution in [0.5, 0.6) is 0 Å². The van der Waals surface area contributed by atoms with E-state index in [4.69, 9.17) is 5.73 Å². The van der Waals surface area contributed by atoms with Gasteiger partial charge >= 0.3 is 0 Å². The lowest BCUT2D eigenvalue weighted by Crippen LogP contribution is -2.28. The monoisotopic (exact) mass is 244 g/mol. The number of hydrogen-bond donors (Lipinski definition) is 2. The van der Waals surface area contributed by atoms with Crippen LogP contribution in [0.1, 0.15) is 0 Å². The molecule has 7 heteroatoms. The fourth-order valence-corrected chi connectivity index (χ4v) is 1.77. The van der Waals surface area contributed by atoms with Crippen LogP contribution in [-0.2, 0) is 10.0 Å². The van der Waals surface area contributed by atoms with Gasteiger partial charge in [-0.3, -0.25) is 0 Å². The van der Waals surface area contributed by atoms with Crippen LogP contribution in [0.25, 0.3) is 0 Å².